The van der Waals surface area contributed by atoms with Gasteiger partial charge in [-0.2, -0.15) is 16.8 Å². The molecule has 0 aromatic heterocycles. The van der Waals surface area contributed by atoms with Crippen molar-refractivity contribution >= 4 is 38.4 Å². The van der Waals surface area contributed by atoms with Gasteiger partial charge in [0, 0.05) is 0 Å². The van der Waals surface area contributed by atoms with Gasteiger partial charge < -0.3 is 16.6 Å². The van der Waals surface area contributed by atoms with E-state index in [1.165, 1.54) is 0 Å². The number of phenols is 1. The quantitative estimate of drug-likeness (QED) is 0.162. The molecule has 12 nitrogen and oxygen atoms in total. The number of halogens is 1. The number of guanidine groups is 1. The fourth-order valence-corrected chi connectivity index (χ4v) is 0.587. The highest BCUT2D eigenvalue weighted by Gasteiger charge is 1.89. The van der Waals surface area contributed by atoms with Crippen LogP contribution in [0, 0.1) is 5.41 Å². The van der Waals surface area contributed by atoms with E-state index in [4.69, 9.17) is 57.2 Å². The molecule has 0 bridgehead atoms. The number of nitrogens with two attached hydrogens (primary N) is 2. The molecule has 0 saturated carbocycles. The van der Waals surface area contributed by atoms with Crippen LogP contribution in [0.15, 0.2) is 24.3 Å². The minimum Gasteiger partial charge on any atom is -0.506 e. The maximum Gasteiger partial charge on any atom is 0.394 e. The molecule has 1 rings (SSSR count). The first-order valence-corrected chi connectivity index (χ1v) is 7.64. The summed E-state index contributed by atoms with van der Waals surface area (Å²) in [5.74, 6) is -0.200. The van der Waals surface area contributed by atoms with Crippen molar-refractivity contribution in [3.63, 3.8) is 0 Å². The second kappa shape index (κ2) is 11.9. The van der Waals surface area contributed by atoms with Crippen molar-refractivity contribution in [2.75, 3.05) is 0 Å². The highest BCUT2D eigenvalue weighted by Crippen LogP contribution is 2.20. The van der Waals surface area contributed by atoms with E-state index < -0.39 is 20.8 Å². The summed E-state index contributed by atoms with van der Waals surface area (Å²) in [6, 6.07) is 6.67. The molecule has 0 heterocycles. The van der Waals surface area contributed by atoms with Gasteiger partial charge in [-0.1, -0.05) is 23.7 Å². The number of hydrogen-bond acceptors (Lipinski definition) is 6. The molecular formula is C7H14ClN3O9S2. The minimum atomic E-state index is -4.67. The number of para-hydroxylation sites is 1. The Labute approximate surface area is 131 Å². The first kappa shape index (κ1) is 25.3. The zero-order valence-corrected chi connectivity index (χ0v) is 12.9. The first-order chi connectivity index (χ1) is 9.54. The van der Waals surface area contributed by atoms with Crippen molar-refractivity contribution in [2.45, 2.75) is 0 Å². The summed E-state index contributed by atoms with van der Waals surface area (Å²) in [6.07, 6.45) is 0. The number of nitrogens with one attached hydrogen (secondary N) is 1. The molecule has 0 spiro atoms. The van der Waals surface area contributed by atoms with Gasteiger partial charge in [-0.05, 0) is 12.1 Å². The zero-order chi connectivity index (χ0) is 18.6. The van der Waals surface area contributed by atoms with Gasteiger partial charge in [0.05, 0.1) is 5.02 Å². The maximum atomic E-state index is 8.79. The number of phenolic OH excluding ortho intramolecular Hbond substituents is 1. The van der Waals surface area contributed by atoms with Gasteiger partial charge in [-0.3, -0.25) is 23.6 Å². The summed E-state index contributed by atoms with van der Waals surface area (Å²) in [5, 5.41) is 15.2. The zero-order valence-electron chi connectivity index (χ0n) is 10.5. The van der Waals surface area contributed by atoms with Crippen LogP contribution in [-0.4, -0.2) is 46.1 Å². The number of rotatable bonds is 0. The summed E-state index contributed by atoms with van der Waals surface area (Å²) >= 11 is 5.46. The van der Waals surface area contributed by atoms with Crippen molar-refractivity contribution in [1.82, 2.24) is 0 Å². The number of benzene rings is 1. The van der Waals surface area contributed by atoms with E-state index in [1.54, 1.807) is 24.3 Å². The highest BCUT2D eigenvalue weighted by atomic mass is 35.5. The minimum absolute atomic E-state index is 0.133. The van der Waals surface area contributed by atoms with E-state index in [0.717, 1.165) is 0 Å². The summed E-state index contributed by atoms with van der Waals surface area (Å²) in [5.41, 5.74) is 8.94. The molecule has 0 aliphatic heterocycles. The molecule has 10 N–H and O–H groups in total. The third kappa shape index (κ3) is 63.3. The maximum absolute atomic E-state index is 8.79. The van der Waals surface area contributed by atoms with Crippen molar-refractivity contribution < 1.29 is 40.2 Å². The van der Waals surface area contributed by atoms with Crippen LogP contribution in [0.25, 0.3) is 0 Å². The Morgan fingerprint density at radius 1 is 0.955 bits per heavy atom. The standard InChI is InChI=1S/C6H5ClO.CH5N3.2H2O4S/c7-5-3-1-2-4-6(5)8;2-1(3)4;2*1-5(2,3)4/h1-4,8H;(H5,2,3,4);2*(H2,1,2,3,4). The van der Waals surface area contributed by atoms with E-state index >= 15 is 0 Å². The Balaban J connectivity index is -0.000000230. The van der Waals surface area contributed by atoms with Crippen molar-refractivity contribution in [3.05, 3.63) is 29.3 Å². The van der Waals surface area contributed by atoms with Crippen molar-refractivity contribution in [1.29, 1.82) is 5.41 Å². The number of hydrogen-bond donors (Lipinski definition) is 8. The summed E-state index contributed by atoms with van der Waals surface area (Å²) in [4.78, 5) is 0. The Bertz CT molecular complexity index is 576. The third-order valence-corrected chi connectivity index (χ3v) is 1.17. The van der Waals surface area contributed by atoms with E-state index in [9.17, 15) is 0 Å². The fourth-order valence-electron chi connectivity index (χ4n) is 0.452. The Morgan fingerprint density at radius 2 is 1.18 bits per heavy atom. The SMILES string of the molecule is N=C(N)N.O=S(=O)(O)O.O=S(=O)(O)O.Oc1ccccc1Cl. The molecule has 0 radical (unpaired) electrons. The van der Waals surface area contributed by atoms with Gasteiger partial charge >= 0.3 is 20.8 Å². The molecule has 0 atom stereocenters. The molecule has 0 unspecified atom stereocenters. The second-order valence-electron chi connectivity index (χ2n) is 2.80. The summed E-state index contributed by atoms with van der Waals surface area (Å²) in [7, 11) is -9.33. The van der Waals surface area contributed by atoms with Crippen LogP contribution in [0.4, 0.5) is 0 Å². The lowest BCUT2D eigenvalue weighted by molar-refractivity contribution is 0.378. The van der Waals surface area contributed by atoms with Crippen LogP contribution in [-0.2, 0) is 20.8 Å². The number of aromatic hydroxyl groups is 1. The van der Waals surface area contributed by atoms with E-state index in [1.807, 2.05) is 0 Å². The Morgan fingerprint density at radius 3 is 1.32 bits per heavy atom. The van der Waals surface area contributed by atoms with Gasteiger partial charge in [0.15, 0.2) is 5.96 Å². The normalized spacial score (nSPS) is 9.68. The van der Waals surface area contributed by atoms with E-state index in [0.29, 0.717) is 5.02 Å². The predicted octanol–water partition coefficient (Wildman–Crippen LogP) is -0.421. The Hall–Kier alpha value is -1.68. The molecule has 0 amide bonds. The van der Waals surface area contributed by atoms with Gasteiger partial charge in [0.25, 0.3) is 0 Å². The summed E-state index contributed by atoms with van der Waals surface area (Å²) < 4.78 is 63.2. The topological polar surface area (TPSA) is 245 Å². The lowest BCUT2D eigenvalue weighted by Crippen LogP contribution is -2.20. The van der Waals surface area contributed by atoms with Crippen LogP contribution in [0.2, 0.25) is 5.02 Å². The van der Waals surface area contributed by atoms with Crippen LogP contribution in [0.5, 0.6) is 5.75 Å². The van der Waals surface area contributed by atoms with Crippen molar-refractivity contribution in [2.24, 2.45) is 11.5 Å². The monoisotopic (exact) mass is 383 g/mol. The van der Waals surface area contributed by atoms with E-state index in [-0.39, 0.29) is 11.7 Å². The van der Waals surface area contributed by atoms with Crippen LogP contribution >= 0.6 is 11.6 Å². The molecule has 1 aromatic rings. The second-order valence-corrected chi connectivity index (χ2v) is 5.00. The molecule has 0 fully saturated rings. The molecule has 22 heavy (non-hydrogen) atoms. The average molecular weight is 384 g/mol. The first-order valence-electron chi connectivity index (χ1n) is 4.46. The molecule has 0 aliphatic carbocycles. The molecular weight excluding hydrogens is 370 g/mol. The lowest BCUT2D eigenvalue weighted by atomic mass is 10.3. The highest BCUT2D eigenvalue weighted by molar-refractivity contribution is 7.80. The summed E-state index contributed by atoms with van der Waals surface area (Å²) in [6.45, 7) is 0. The predicted molar refractivity (Wildman–Crippen MR) is 77.6 cm³/mol. The van der Waals surface area contributed by atoms with Crippen LogP contribution in [0.1, 0.15) is 0 Å². The van der Waals surface area contributed by atoms with Gasteiger partial charge in [0.1, 0.15) is 5.75 Å². The molecule has 1 aromatic carbocycles. The van der Waals surface area contributed by atoms with Crippen LogP contribution < -0.4 is 11.5 Å². The molecule has 130 valence electrons. The third-order valence-electron chi connectivity index (χ3n) is 0.852. The lowest BCUT2D eigenvalue weighted by Gasteiger charge is -1.89. The van der Waals surface area contributed by atoms with E-state index in [2.05, 4.69) is 11.5 Å². The largest absolute Gasteiger partial charge is 0.506 e. The van der Waals surface area contributed by atoms with Gasteiger partial charge in [-0.15, -0.1) is 0 Å². The smallest absolute Gasteiger partial charge is 0.394 e. The molecule has 15 heteroatoms. The van der Waals surface area contributed by atoms with Crippen LogP contribution in [0.3, 0.4) is 0 Å². The average Bonchev–Trinajstić information content (AvgIpc) is 2.16. The van der Waals surface area contributed by atoms with Crippen molar-refractivity contribution in [3.8, 4) is 5.75 Å². The van der Waals surface area contributed by atoms with Gasteiger partial charge in [0.2, 0.25) is 0 Å². The fraction of sp³-hybridized carbons (Fsp3) is 0. The molecule has 0 saturated heterocycles. The Kier molecular flexibility index (Phi) is 13.7. The van der Waals surface area contributed by atoms with Gasteiger partial charge in [-0.25, -0.2) is 0 Å². The molecule has 0 aliphatic rings.